The zero-order valence-electron chi connectivity index (χ0n) is 24.4. The number of benzene rings is 1. The summed E-state index contributed by atoms with van der Waals surface area (Å²) in [4.78, 5) is 26.4. The van der Waals surface area contributed by atoms with Gasteiger partial charge in [0.15, 0.2) is 0 Å². The zero-order valence-corrected chi connectivity index (χ0v) is 24.4. The molecule has 0 radical (unpaired) electrons. The van der Waals surface area contributed by atoms with Gasteiger partial charge in [0.25, 0.3) is 5.91 Å². The number of aromatic nitrogens is 2. The lowest BCUT2D eigenvalue weighted by Gasteiger charge is -2.43. The fraction of sp³-hybridized carbons (Fsp3) is 0.656. The van der Waals surface area contributed by atoms with Crippen LogP contribution in [0.2, 0.25) is 0 Å². The van der Waals surface area contributed by atoms with Crippen LogP contribution >= 0.6 is 0 Å². The number of anilines is 1. The largest absolute Gasteiger partial charge is 0.383 e. The highest BCUT2D eigenvalue weighted by Gasteiger charge is 2.52. The number of nitrogens with one attached hydrogen (secondary N) is 3. The van der Waals surface area contributed by atoms with Gasteiger partial charge in [-0.2, -0.15) is 5.10 Å². The maximum Gasteiger partial charge on any atom is 0.269 e. The van der Waals surface area contributed by atoms with E-state index in [0.29, 0.717) is 35.4 Å². The Labute approximate surface area is 233 Å². The van der Waals surface area contributed by atoms with E-state index in [9.17, 15) is 9.59 Å². The number of carbonyl (C=O) groups is 2. The molecule has 3 N–H and O–H groups in total. The van der Waals surface area contributed by atoms with Gasteiger partial charge in [-0.3, -0.25) is 14.3 Å². The first-order chi connectivity index (χ1) is 18.6. The van der Waals surface area contributed by atoms with E-state index in [1.54, 1.807) is 16.9 Å². The number of carbonyl (C=O) groups excluding carboxylic acids is 2. The van der Waals surface area contributed by atoms with Crippen molar-refractivity contribution in [1.29, 1.82) is 0 Å². The average Bonchev–Trinajstić information content (AvgIpc) is 3.43. The molecule has 3 aliphatic rings. The molecule has 0 aliphatic heterocycles. The van der Waals surface area contributed by atoms with Crippen LogP contribution in [0.15, 0.2) is 36.5 Å². The molecule has 3 aliphatic carbocycles. The number of hydrogen-bond acceptors (Lipinski definition) is 4. The fourth-order valence-electron chi connectivity index (χ4n) is 6.63. The van der Waals surface area contributed by atoms with Gasteiger partial charge in [-0.05, 0) is 93.4 Å². The summed E-state index contributed by atoms with van der Waals surface area (Å²) in [5, 5.41) is 14.5. The van der Waals surface area contributed by atoms with Crippen molar-refractivity contribution in [3.05, 3.63) is 47.8 Å². The summed E-state index contributed by atoms with van der Waals surface area (Å²) in [6, 6.07) is 10.3. The van der Waals surface area contributed by atoms with Gasteiger partial charge in [-0.15, -0.1) is 0 Å². The molecule has 0 spiro atoms. The Balaban J connectivity index is 1.26. The van der Waals surface area contributed by atoms with Crippen LogP contribution < -0.4 is 16.0 Å². The first-order valence-electron chi connectivity index (χ1n) is 15.0. The summed E-state index contributed by atoms with van der Waals surface area (Å²) < 4.78 is 1.64. The number of amides is 2. The molecule has 1 heterocycles. The summed E-state index contributed by atoms with van der Waals surface area (Å²) in [7, 11) is 1.81. The summed E-state index contributed by atoms with van der Waals surface area (Å²) in [6.07, 6.45) is 11.6. The maximum atomic E-state index is 13.3. The van der Waals surface area contributed by atoms with Gasteiger partial charge in [0, 0.05) is 31.5 Å². The third kappa shape index (κ3) is 5.87. The standard InChI is InChI=1S/C32H47N5O2/c1-21(22-8-6-9-22)35-30(39)31(2,3)24-12-14-25(15-13-24)33-20-26(36-29(38)27-16-19-34-37(27)5)28(23-10-7-11-23)32(4)17-18-32/h12-16,19,21-23,26,28,33H,6-11,17-18,20H2,1-5H3,(H,35,39)(H,36,38)/t21-,26?,28?/m1/s1. The monoisotopic (exact) mass is 533 g/mol. The Morgan fingerprint density at radius 1 is 1.03 bits per heavy atom. The molecule has 2 aromatic rings. The van der Waals surface area contributed by atoms with Crippen LogP contribution in [0, 0.1) is 23.2 Å². The van der Waals surface area contributed by atoms with Crippen molar-refractivity contribution >= 4 is 17.5 Å². The molecular formula is C32H47N5O2. The highest BCUT2D eigenvalue weighted by atomic mass is 16.2. The molecule has 0 saturated heterocycles. The predicted molar refractivity (Wildman–Crippen MR) is 156 cm³/mol. The third-order valence-electron chi connectivity index (χ3n) is 10.2. The van der Waals surface area contributed by atoms with Gasteiger partial charge >= 0.3 is 0 Å². The minimum Gasteiger partial charge on any atom is -0.383 e. The summed E-state index contributed by atoms with van der Waals surface area (Å²) in [5.74, 6) is 1.76. The highest BCUT2D eigenvalue weighted by molar-refractivity contribution is 5.92. The number of rotatable bonds is 12. The Kier molecular flexibility index (Phi) is 7.80. The van der Waals surface area contributed by atoms with Crippen molar-refractivity contribution in [1.82, 2.24) is 20.4 Å². The molecular weight excluding hydrogens is 486 g/mol. The second-order valence-electron chi connectivity index (χ2n) is 13.3. The lowest BCUT2D eigenvalue weighted by molar-refractivity contribution is -0.126. The average molecular weight is 534 g/mol. The van der Waals surface area contributed by atoms with Crippen LogP contribution in [0.3, 0.4) is 0 Å². The molecule has 7 heteroatoms. The molecule has 0 bridgehead atoms. The first kappa shape index (κ1) is 27.7. The van der Waals surface area contributed by atoms with Crippen molar-refractivity contribution in [2.75, 3.05) is 11.9 Å². The van der Waals surface area contributed by atoms with Gasteiger partial charge in [0.2, 0.25) is 5.91 Å². The van der Waals surface area contributed by atoms with Crippen LogP contribution in [0.4, 0.5) is 5.69 Å². The maximum absolute atomic E-state index is 13.3. The molecule has 7 nitrogen and oxygen atoms in total. The Bertz CT molecular complexity index is 1160. The van der Waals surface area contributed by atoms with E-state index in [1.807, 2.05) is 20.9 Å². The third-order valence-corrected chi connectivity index (χ3v) is 10.2. The normalized spacial score (nSPS) is 21.2. The first-order valence-corrected chi connectivity index (χ1v) is 15.0. The van der Waals surface area contributed by atoms with Crippen molar-refractivity contribution in [3.63, 3.8) is 0 Å². The van der Waals surface area contributed by atoms with Crippen molar-refractivity contribution < 1.29 is 9.59 Å². The molecule has 39 heavy (non-hydrogen) atoms. The summed E-state index contributed by atoms with van der Waals surface area (Å²) in [5.41, 5.74) is 2.29. The number of nitrogens with zero attached hydrogens (tertiary/aromatic N) is 2. The minimum absolute atomic E-state index is 0.0279. The van der Waals surface area contributed by atoms with Crippen LogP contribution in [-0.4, -0.2) is 40.2 Å². The van der Waals surface area contributed by atoms with Crippen LogP contribution in [0.5, 0.6) is 0 Å². The molecule has 5 rings (SSSR count). The summed E-state index contributed by atoms with van der Waals surface area (Å²) >= 11 is 0. The Hall–Kier alpha value is -2.83. The molecule has 1 aromatic carbocycles. The fourth-order valence-corrected chi connectivity index (χ4v) is 6.63. The molecule has 3 atom stereocenters. The molecule has 2 amide bonds. The lowest BCUT2D eigenvalue weighted by atomic mass is 9.66. The second-order valence-corrected chi connectivity index (χ2v) is 13.3. The molecule has 212 valence electrons. The van der Waals surface area contributed by atoms with E-state index in [4.69, 9.17) is 0 Å². The smallest absolute Gasteiger partial charge is 0.269 e. The van der Waals surface area contributed by atoms with E-state index in [-0.39, 0.29) is 23.9 Å². The van der Waals surface area contributed by atoms with E-state index < -0.39 is 5.41 Å². The second kappa shape index (κ2) is 11.0. The number of aryl methyl sites for hydroxylation is 1. The van der Waals surface area contributed by atoms with Gasteiger partial charge in [-0.25, -0.2) is 0 Å². The van der Waals surface area contributed by atoms with Crippen LogP contribution in [-0.2, 0) is 17.3 Å². The van der Waals surface area contributed by atoms with Gasteiger partial charge in [0.1, 0.15) is 5.69 Å². The molecule has 2 unspecified atom stereocenters. The van der Waals surface area contributed by atoms with Crippen molar-refractivity contribution in [2.45, 2.75) is 96.6 Å². The van der Waals surface area contributed by atoms with Crippen LogP contribution in [0.1, 0.15) is 95.1 Å². The quantitative estimate of drug-likeness (QED) is 0.340. The molecule has 1 aromatic heterocycles. The van der Waals surface area contributed by atoms with Gasteiger partial charge in [-0.1, -0.05) is 44.7 Å². The summed E-state index contributed by atoms with van der Waals surface area (Å²) in [6.45, 7) is 9.20. The van der Waals surface area contributed by atoms with E-state index in [1.165, 1.54) is 51.4 Å². The number of hydrogen-bond donors (Lipinski definition) is 3. The topological polar surface area (TPSA) is 88.1 Å². The van der Waals surface area contributed by atoms with Gasteiger partial charge in [0.05, 0.1) is 11.5 Å². The predicted octanol–water partition coefficient (Wildman–Crippen LogP) is 5.43. The van der Waals surface area contributed by atoms with Crippen molar-refractivity contribution in [2.24, 2.45) is 30.2 Å². The SMILES string of the molecule is C[C@@H](NC(=O)C(C)(C)c1ccc(NCC(NC(=O)c2ccnn2C)C(C2CCC2)C2(C)CC2)cc1)C1CCC1. The minimum atomic E-state index is -0.605. The highest BCUT2D eigenvalue weighted by Crippen LogP contribution is 2.58. The van der Waals surface area contributed by atoms with Crippen molar-refractivity contribution in [3.8, 4) is 0 Å². The molecule has 3 fully saturated rings. The van der Waals surface area contributed by atoms with E-state index in [2.05, 4.69) is 59.2 Å². The van der Waals surface area contributed by atoms with Gasteiger partial charge < -0.3 is 16.0 Å². The molecule has 3 saturated carbocycles. The Morgan fingerprint density at radius 2 is 1.67 bits per heavy atom. The van der Waals surface area contributed by atoms with E-state index in [0.717, 1.165) is 11.3 Å². The zero-order chi connectivity index (χ0) is 27.8. The Morgan fingerprint density at radius 3 is 2.18 bits per heavy atom. The van der Waals surface area contributed by atoms with Crippen LogP contribution in [0.25, 0.3) is 0 Å². The lowest BCUT2D eigenvalue weighted by Crippen LogP contribution is -2.51. The van der Waals surface area contributed by atoms with E-state index >= 15 is 0 Å².